The zero-order valence-corrected chi connectivity index (χ0v) is 16.7. The van der Waals surface area contributed by atoms with Crippen molar-refractivity contribution in [3.05, 3.63) is 77.1 Å². The Morgan fingerprint density at radius 1 is 1.10 bits per heavy atom. The van der Waals surface area contributed by atoms with E-state index in [0.717, 1.165) is 5.56 Å². The molecule has 8 heteroatoms. The van der Waals surface area contributed by atoms with E-state index in [1.165, 1.54) is 4.68 Å². The summed E-state index contributed by atoms with van der Waals surface area (Å²) in [5.41, 5.74) is 2.45. The van der Waals surface area contributed by atoms with Crippen LogP contribution in [0.1, 0.15) is 45.4 Å². The first-order valence-corrected chi connectivity index (χ1v) is 9.76. The summed E-state index contributed by atoms with van der Waals surface area (Å²) in [5, 5.41) is 21.9. The van der Waals surface area contributed by atoms with Crippen LogP contribution in [0.2, 0.25) is 0 Å². The maximum absolute atomic E-state index is 11.9. The number of aromatic nitrogens is 3. The lowest BCUT2D eigenvalue weighted by atomic mass is 10.1. The molecule has 3 aromatic rings. The highest BCUT2D eigenvalue weighted by atomic mass is 16.5. The van der Waals surface area contributed by atoms with Gasteiger partial charge < -0.3 is 20.0 Å². The molecule has 0 fully saturated rings. The van der Waals surface area contributed by atoms with E-state index in [0.29, 0.717) is 49.5 Å². The van der Waals surface area contributed by atoms with Gasteiger partial charge in [-0.1, -0.05) is 35.5 Å². The zero-order chi connectivity index (χ0) is 21.3. The highest BCUT2D eigenvalue weighted by Crippen LogP contribution is 2.16. The maximum atomic E-state index is 11.9. The monoisotopic (exact) mass is 407 g/mol. The van der Waals surface area contributed by atoms with Gasteiger partial charge in [-0.15, -0.1) is 5.10 Å². The Balaban J connectivity index is 1.67. The fraction of sp³-hybridized carbons (Fsp3) is 0.273. The van der Waals surface area contributed by atoms with Crippen molar-refractivity contribution in [3.63, 3.8) is 0 Å². The molecule has 3 rings (SSSR count). The summed E-state index contributed by atoms with van der Waals surface area (Å²) < 4.78 is 7.13. The SMILES string of the molecule is CCNC(=O)c1ccc(-n2nnc(C(=O)[O-])c2CCCOCc2ccccc2)cc1. The molecule has 1 amide bonds. The molecule has 1 heterocycles. The first-order valence-electron chi connectivity index (χ1n) is 9.76. The average molecular weight is 407 g/mol. The lowest BCUT2D eigenvalue weighted by Gasteiger charge is -2.10. The van der Waals surface area contributed by atoms with E-state index < -0.39 is 5.97 Å². The summed E-state index contributed by atoms with van der Waals surface area (Å²) in [4.78, 5) is 23.4. The van der Waals surface area contributed by atoms with E-state index in [1.54, 1.807) is 24.3 Å². The maximum Gasteiger partial charge on any atom is 0.251 e. The number of rotatable bonds is 10. The van der Waals surface area contributed by atoms with E-state index in [1.807, 2.05) is 37.3 Å². The van der Waals surface area contributed by atoms with Gasteiger partial charge in [0.1, 0.15) is 5.69 Å². The van der Waals surface area contributed by atoms with E-state index in [-0.39, 0.29) is 11.6 Å². The van der Waals surface area contributed by atoms with Crippen molar-refractivity contribution in [2.24, 2.45) is 0 Å². The normalized spacial score (nSPS) is 10.7. The smallest absolute Gasteiger partial charge is 0.251 e. The van der Waals surface area contributed by atoms with Crippen LogP contribution in [0.25, 0.3) is 5.69 Å². The standard InChI is InChI=1S/C22H24N4O4/c1-2-23-21(27)17-10-12-18(13-11-17)26-19(20(22(28)29)24-25-26)9-6-14-30-15-16-7-4-3-5-8-16/h3-5,7-8,10-13H,2,6,9,14-15H2,1H3,(H,23,27)(H,28,29)/p-1. The van der Waals surface area contributed by atoms with Crippen molar-refractivity contribution in [2.45, 2.75) is 26.4 Å². The van der Waals surface area contributed by atoms with Crippen molar-refractivity contribution < 1.29 is 19.4 Å². The number of carbonyl (C=O) groups excluding carboxylic acids is 2. The number of carbonyl (C=O) groups is 2. The Hall–Kier alpha value is -3.52. The Morgan fingerprint density at radius 3 is 2.50 bits per heavy atom. The average Bonchev–Trinajstić information content (AvgIpc) is 3.19. The minimum Gasteiger partial charge on any atom is -0.543 e. The number of aromatic carboxylic acids is 1. The topological polar surface area (TPSA) is 109 Å². The molecule has 8 nitrogen and oxygen atoms in total. The summed E-state index contributed by atoms with van der Waals surface area (Å²) in [7, 11) is 0. The molecule has 156 valence electrons. The Kier molecular flexibility index (Phi) is 7.29. The van der Waals surface area contributed by atoms with Crippen molar-refractivity contribution >= 4 is 11.9 Å². The number of carboxylic acid groups (broad SMARTS) is 1. The number of benzene rings is 2. The lowest BCUT2D eigenvalue weighted by molar-refractivity contribution is -0.255. The number of nitrogens with zero attached hydrogens (tertiary/aromatic N) is 3. The second kappa shape index (κ2) is 10.3. The predicted octanol–water partition coefficient (Wildman–Crippen LogP) is 1.53. The molecule has 0 atom stereocenters. The molecule has 0 bridgehead atoms. The van der Waals surface area contributed by atoms with Crippen LogP contribution in [-0.2, 0) is 17.8 Å². The van der Waals surface area contributed by atoms with E-state index >= 15 is 0 Å². The summed E-state index contributed by atoms with van der Waals surface area (Å²) in [6.45, 7) is 3.34. The summed E-state index contributed by atoms with van der Waals surface area (Å²) in [6.07, 6.45) is 1.00. The van der Waals surface area contributed by atoms with Crippen LogP contribution in [0.3, 0.4) is 0 Å². The third kappa shape index (κ3) is 5.30. The van der Waals surface area contributed by atoms with Gasteiger partial charge in [-0.05, 0) is 49.6 Å². The lowest BCUT2D eigenvalue weighted by Crippen LogP contribution is -2.24. The van der Waals surface area contributed by atoms with E-state index in [9.17, 15) is 14.7 Å². The highest BCUT2D eigenvalue weighted by Gasteiger charge is 2.15. The zero-order valence-electron chi connectivity index (χ0n) is 16.7. The molecule has 0 spiro atoms. The first kappa shape index (κ1) is 21.2. The molecular formula is C22H23N4O4-. The number of nitrogens with one attached hydrogen (secondary N) is 1. The molecular weight excluding hydrogens is 384 g/mol. The van der Waals surface area contributed by atoms with Gasteiger partial charge in [-0.3, -0.25) is 4.79 Å². The molecule has 0 radical (unpaired) electrons. The number of hydrogen-bond donors (Lipinski definition) is 1. The Labute approximate surface area is 174 Å². The molecule has 0 aliphatic carbocycles. The molecule has 0 saturated carbocycles. The number of carboxylic acids is 1. The number of ether oxygens (including phenoxy) is 1. The van der Waals surface area contributed by atoms with Crippen LogP contribution < -0.4 is 10.4 Å². The molecule has 30 heavy (non-hydrogen) atoms. The van der Waals surface area contributed by atoms with Gasteiger partial charge in [0.25, 0.3) is 5.91 Å². The minimum absolute atomic E-state index is 0.172. The third-order valence-corrected chi connectivity index (χ3v) is 4.48. The van der Waals surface area contributed by atoms with Crippen molar-refractivity contribution in [2.75, 3.05) is 13.2 Å². The van der Waals surface area contributed by atoms with Gasteiger partial charge in [0.05, 0.1) is 24.0 Å². The van der Waals surface area contributed by atoms with Gasteiger partial charge in [0.15, 0.2) is 0 Å². The van der Waals surface area contributed by atoms with Gasteiger partial charge >= 0.3 is 0 Å². The van der Waals surface area contributed by atoms with Crippen LogP contribution in [0, 0.1) is 0 Å². The molecule has 0 unspecified atom stereocenters. The van der Waals surface area contributed by atoms with Crippen LogP contribution in [0.4, 0.5) is 0 Å². The van der Waals surface area contributed by atoms with Crippen LogP contribution in [0.15, 0.2) is 54.6 Å². The van der Waals surface area contributed by atoms with Crippen molar-refractivity contribution in [3.8, 4) is 5.69 Å². The van der Waals surface area contributed by atoms with Crippen LogP contribution in [0.5, 0.6) is 0 Å². The highest BCUT2D eigenvalue weighted by molar-refractivity contribution is 5.94. The molecule has 1 N–H and O–H groups in total. The van der Waals surface area contributed by atoms with Gasteiger partial charge in [-0.25, -0.2) is 4.68 Å². The molecule has 2 aromatic carbocycles. The van der Waals surface area contributed by atoms with Crippen molar-refractivity contribution in [1.82, 2.24) is 20.3 Å². The van der Waals surface area contributed by atoms with Crippen LogP contribution >= 0.6 is 0 Å². The Bertz CT molecular complexity index is 984. The molecule has 0 aliphatic heterocycles. The second-order valence-electron chi connectivity index (χ2n) is 6.63. The second-order valence-corrected chi connectivity index (χ2v) is 6.63. The number of amides is 1. The third-order valence-electron chi connectivity index (χ3n) is 4.48. The summed E-state index contributed by atoms with van der Waals surface area (Å²) >= 11 is 0. The van der Waals surface area contributed by atoms with Gasteiger partial charge in [-0.2, -0.15) is 0 Å². The largest absolute Gasteiger partial charge is 0.543 e. The number of hydrogen-bond acceptors (Lipinski definition) is 6. The van der Waals surface area contributed by atoms with Gasteiger partial charge in [0.2, 0.25) is 0 Å². The van der Waals surface area contributed by atoms with Crippen LogP contribution in [-0.4, -0.2) is 40.0 Å². The molecule has 1 aromatic heterocycles. The van der Waals surface area contributed by atoms with Crippen molar-refractivity contribution in [1.29, 1.82) is 0 Å². The summed E-state index contributed by atoms with van der Waals surface area (Å²) in [6, 6.07) is 16.5. The predicted molar refractivity (Wildman–Crippen MR) is 108 cm³/mol. The fourth-order valence-electron chi connectivity index (χ4n) is 3.01. The Morgan fingerprint density at radius 2 is 1.83 bits per heavy atom. The van der Waals surface area contributed by atoms with E-state index in [4.69, 9.17) is 4.74 Å². The first-order chi connectivity index (χ1) is 14.6. The summed E-state index contributed by atoms with van der Waals surface area (Å²) in [5.74, 6) is -1.55. The molecule has 0 saturated heterocycles. The molecule has 0 aliphatic rings. The van der Waals surface area contributed by atoms with E-state index in [2.05, 4.69) is 15.6 Å². The minimum atomic E-state index is -1.37. The van der Waals surface area contributed by atoms with Gasteiger partial charge in [0, 0.05) is 18.7 Å². The fourth-order valence-corrected chi connectivity index (χ4v) is 3.01. The quantitative estimate of drug-likeness (QED) is 0.511.